The summed E-state index contributed by atoms with van der Waals surface area (Å²) in [6.07, 6.45) is 1.69. The van der Waals surface area contributed by atoms with Crippen molar-refractivity contribution >= 4 is 16.9 Å². The van der Waals surface area contributed by atoms with E-state index in [0.29, 0.717) is 23.8 Å². The molecular formula is C20H23N3O4. The number of imidazole rings is 1. The van der Waals surface area contributed by atoms with Gasteiger partial charge in [-0.1, -0.05) is 12.1 Å². The number of amides is 1. The molecule has 2 aromatic carbocycles. The van der Waals surface area contributed by atoms with E-state index in [1.807, 2.05) is 41.8 Å². The summed E-state index contributed by atoms with van der Waals surface area (Å²) in [5, 5.41) is 2.95. The van der Waals surface area contributed by atoms with Crippen LogP contribution in [0.1, 0.15) is 18.5 Å². The number of nitrogens with zero attached hydrogens (tertiary/aromatic N) is 2. The maximum absolute atomic E-state index is 12.7. The van der Waals surface area contributed by atoms with Crippen molar-refractivity contribution < 1.29 is 19.0 Å². The minimum atomic E-state index is -0.400. The Kier molecular flexibility index (Phi) is 5.49. The number of carbonyl (C=O) groups is 1. The number of carbonyl (C=O) groups excluding carboxylic acids is 1. The first-order valence-electron chi connectivity index (χ1n) is 8.57. The van der Waals surface area contributed by atoms with Gasteiger partial charge in [0.05, 0.1) is 38.7 Å². The normalized spacial score (nSPS) is 11.9. The summed E-state index contributed by atoms with van der Waals surface area (Å²) in [6.45, 7) is 2.15. The Morgan fingerprint density at radius 3 is 2.52 bits per heavy atom. The summed E-state index contributed by atoms with van der Waals surface area (Å²) >= 11 is 0. The fourth-order valence-electron chi connectivity index (χ4n) is 3.05. The van der Waals surface area contributed by atoms with Crippen molar-refractivity contribution in [3.63, 3.8) is 0 Å². The first-order valence-corrected chi connectivity index (χ1v) is 8.57. The molecule has 0 saturated carbocycles. The molecule has 7 nitrogen and oxygen atoms in total. The van der Waals surface area contributed by atoms with Gasteiger partial charge in [-0.2, -0.15) is 0 Å². The van der Waals surface area contributed by atoms with E-state index < -0.39 is 6.04 Å². The summed E-state index contributed by atoms with van der Waals surface area (Å²) in [4.78, 5) is 17.0. The van der Waals surface area contributed by atoms with Gasteiger partial charge in [0.15, 0.2) is 11.5 Å². The molecule has 27 heavy (non-hydrogen) atoms. The van der Waals surface area contributed by atoms with E-state index in [-0.39, 0.29) is 5.91 Å². The van der Waals surface area contributed by atoms with Gasteiger partial charge in [0.25, 0.3) is 0 Å². The quantitative estimate of drug-likeness (QED) is 0.693. The van der Waals surface area contributed by atoms with Crippen LogP contribution in [-0.2, 0) is 11.3 Å². The minimum absolute atomic E-state index is 0.116. The molecular weight excluding hydrogens is 346 g/mol. The lowest BCUT2D eigenvalue weighted by molar-refractivity contribution is -0.123. The Hall–Kier alpha value is -3.22. The maximum atomic E-state index is 12.7. The fraction of sp³-hybridized carbons (Fsp3) is 0.300. The first kappa shape index (κ1) is 18.6. The molecule has 0 radical (unpaired) electrons. The van der Waals surface area contributed by atoms with E-state index in [1.165, 1.54) is 0 Å². The molecule has 0 aliphatic carbocycles. The average molecular weight is 369 g/mol. The van der Waals surface area contributed by atoms with Crippen LogP contribution in [0.5, 0.6) is 17.2 Å². The lowest BCUT2D eigenvalue weighted by Gasteiger charge is -2.18. The van der Waals surface area contributed by atoms with Crippen LogP contribution in [0.3, 0.4) is 0 Å². The van der Waals surface area contributed by atoms with Gasteiger partial charge in [-0.25, -0.2) is 4.98 Å². The van der Waals surface area contributed by atoms with Crippen LogP contribution in [0.2, 0.25) is 0 Å². The number of fused-ring (bicyclic) bond motifs is 1. The Bertz CT molecular complexity index is 952. The van der Waals surface area contributed by atoms with Crippen LogP contribution >= 0.6 is 0 Å². The number of hydrogen-bond donors (Lipinski definition) is 1. The molecule has 0 aliphatic rings. The third-order valence-corrected chi connectivity index (χ3v) is 4.52. The van der Waals surface area contributed by atoms with E-state index in [9.17, 15) is 4.79 Å². The number of methoxy groups -OCH3 is 3. The van der Waals surface area contributed by atoms with Crippen molar-refractivity contribution in [2.24, 2.45) is 0 Å². The first-order chi connectivity index (χ1) is 13.1. The van der Waals surface area contributed by atoms with Gasteiger partial charge in [0.2, 0.25) is 11.7 Å². The smallest absolute Gasteiger partial charge is 0.243 e. The third-order valence-electron chi connectivity index (χ3n) is 4.52. The Morgan fingerprint density at radius 1 is 1.07 bits per heavy atom. The molecule has 0 fully saturated rings. The molecule has 1 atom stereocenters. The van der Waals surface area contributed by atoms with Crippen LogP contribution in [0.25, 0.3) is 11.0 Å². The van der Waals surface area contributed by atoms with Crippen molar-refractivity contribution in [3.05, 3.63) is 48.3 Å². The van der Waals surface area contributed by atoms with Gasteiger partial charge >= 0.3 is 0 Å². The minimum Gasteiger partial charge on any atom is -0.493 e. The van der Waals surface area contributed by atoms with E-state index in [2.05, 4.69) is 10.3 Å². The van der Waals surface area contributed by atoms with E-state index in [0.717, 1.165) is 16.6 Å². The van der Waals surface area contributed by atoms with Crippen molar-refractivity contribution in [1.29, 1.82) is 0 Å². The summed E-state index contributed by atoms with van der Waals surface area (Å²) in [6, 6.07) is 11.0. The number of nitrogens with one attached hydrogen (secondary N) is 1. The fourth-order valence-corrected chi connectivity index (χ4v) is 3.05. The van der Waals surface area contributed by atoms with Gasteiger partial charge in [0, 0.05) is 12.1 Å². The number of aromatic nitrogens is 2. The van der Waals surface area contributed by atoms with Gasteiger partial charge < -0.3 is 24.1 Å². The number of benzene rings is 2. The predicted octanol–water partition coefficient (Wildman–Crippen LogP) is 2.94. The standard InChI is InChI=1S/C20H23N3O4/c1-13(23-12-22-15-7-5-6-8-16(15)23)20(24)21-11-14-9-10-17(25-2)19(27-4)18(14)26-3/h5-10,12-13H,11H2,1-4H3,(H,21,24). The molecule has 7 heteroatoms. The zero-order valence-electron chi connectivity index (χ0n) is 15.9. The largest absolute Gasteiger partial charge is 0.493 e. The number of rotatable bonds is 7. The number of hydrogen-bond acceptors (Lipinski definition) is 5. The highest BCUT2D eigenvalue weighted by atomic mass is 16.5. The van der Waals surface area contributed by atoms with Crippen LogP contribution < -0.4 is 19.5 Å². The van der Waals surface area contributed by atoms with E-state index >= 15 is 0 Å². The zero-order valence-corrected chi connectivity index (χ0v) is 15.9. The zero-order chi connectivity index (χ0) is 19.4. The van der Waals surface area contributed by atoms with Crippen molar-refractivity contribution in [2.75, 3.05) is 21.3 Å². The molecule has 1 aromatic heterocycles. The van der Waals surface area contributed by atoms with Gasteiger partial charge in [-0.3, -0.25) is 4.79 Å². The summed E-state index contributed by atoms with van der Waals surface area (Å²) in [5.74, 6) is 1.50. The lowest BCUT2D eigenvalue weighted by atomic mass is 10.1. The highest BCUT2D eigenvalue weighted by Gasteiger charge is 2.19. The molecule has 0 saturated heterocycles. The van der Waals surface area contributed by atoms with Crippen molar-refractivity contribution in [3.8, 4) is 17.2 Å². The highest BCUT2D eigenvalue weighted by Crippen LogP contribution is 2.39. The Balaban J connectivity index is 1.77. The molecule has 1 unspecified atom stereocenters. The summed E-state index contributed by atoms with van der Waals surface area (Å²) < 4.78 is 18.0. The van der Waals surface area contributed by atoms with E-state index in [4.69, 9.17) is 14.2 Å². The van der Waals surface area contributed by atoms with Crippen molar-refractivity contribution in [1.82, 2.24) is 14.9 Å². The molecule has 3 aromatic rings. The van der Waals surface area contributed by atoms with Gasteiger partial charge in [-0.15, -0.1) is 0 Å². The SMILES string of the molecule is COc1ccc(CNC(=O)C(C)n2cnc3ccccc32)c(OC)c1OC. The van der Waals surface area contributed by atoms with Crippen LogP contribution in [0.4, 0.5) is 0 Å². The lowest BCUT2D eigenvalue weighted by Crippen LogP contribution is -2.30. The molecule has 0 aliphatic heterocycles. The molecule has 142 valence electrons. The maximum Gasteiger partial charge on any atom is 0.243 e. The monoisotopic (exact) mass is 369 g/mol. The second-order valence-corrected chi connectivity index (χ2v) is 6.03. The molecule has 0 spiro atoms. The summed E-state index contributed by atoms with van der Waals surface area (Å²) in [7, 11) is 4.67. The second kappa shape index (κ2) is 7.99. The van der Waals surface area contributed by atoms with Crippen molar-refractivity contribution in [2.45, 2.75) is 19.5 Å². The predicted molar refractivity (Wildman–Crippen MR) is 102 cm³/mol. The molecule has 0 bridgehead atoms. The topological polar surface area (TPSA) is 74.6 Å². The molecule has 1 amide bonds. The van der Waals surface area contributed by atoms with Gasteiger partial charge in [-0.05, 0) is 31.2 Å². The van der Waals surface area contributed by atoms with Gasteiger partial charge in [0.1, 0.15) is 6.04 Å². The summed E-state index contributed by atoms with van der Waals surface area (Å²) in [5.41, 5.74) is 2.58. The average Bonchev–Trinajstić information content (AvgIpc) is 3.14. The molecule has 3 rings (SSSR count). The van der Waals surface area contributed by atoms with Crippen LogP contribution in [0.15, 0.2) is 42.7 Å². The van der Waals surface area contributed by atoms with Crippen LogP contribution in [0, 0.1) is 0 Å². The second-order valence-electron chi connectivity index (χ2n) is 6.03. The Morgan fingerprint density at radius 2 is 1.81 bits per heavy atom. The number of ether oxygens (including phenoxy) is 3. The van der Waals surface area contributed by atoms with Crippen LogP contribution in [-0.4, -0.2) is 36.8 Å². The highest BCUT2D eigenvalue weighted by molar-refractivity contribution is 5.83. The molecule has 1 heterocycles. The third kappa shape index (κ3) is 3.53. The number of para-hydroxylation sites is 2. The molecule has 1 N–H and O–H groups in total. The van der Waals surface area contributed by atoms with E-state index in [1.54, 1.807) is 33.7 Å². The Labute approximate surface area is 157 Å².